The molecule has 4 aromatic heterocycles. The van der Waals surface area contributed by atoms with Crippen molar-refractivity contribution in [2.45, 2.75) is 13.0 Å². The molecule has 0 aliphatic heterocycles. The summed E-state index contributed by atoms with van der Waals surface area (Å²) in [5.74, 6) is -0.181. The summed E-state index contributed by atoms with van der Waals surface area (Å²) in [6, 6.07) is 9.27. The smallest absolute Gasteiger partial charge is 0.251 e. The zero-order valence-electron chi connectivity index (χ0n) is 14.7. The van der Waals surface area contributed by atoms with E-state index >= 15 is 0 Å². The molecule has 0 spiro atoms. The van der Waals surface area contributed by atoms with Gasteiger partial charge >= 0.3 is 0 Å². The molecule has 4 aromatic rings. The number of carbonyl (C=O) groups is 1. The molecule has 0 bridgehead atoms. The van der Waals surface area contributed by atoms with Gasteiger partial charge in [0.05, 0.1) is 28.0 Å². The Kier molecular flexibility index (Phi) is 4.66. The van der Waals surface area contributed by atoms with Gasteiger partial charge in [0.2, 0.25) is 0 Å². The summed E-state index contributed by atoms with van der Waals surface area (Å²) in [7, 11) is 0. The van der Waals surface area contributed by atoms with E-state index < -0.39 is 0 Å². The number of hydrogen-bond donors (Lipinski definition) is 2. The van der Waals surface area contributed by atoms with Crippen LogP contribution in [-0.2, 0) is 0 Å². The molecule has 136 valence electrons. The van der Waals surface area contributed by atoms with Gasteiger partial charge in [-0.15, -0.1) is 11.3 Å². The molecule has 4 rings (SSSR count). The third-order valence-electron chi connectivity index (χ3n) is 4.03. The van der Waals surface area contributed by atoms with Gasteiger partial charge in [-0.05, 0) is 36.6 Å². The molecule has 0 saturated carbocycles. The van der Waals surface area contributed by atoms with Crippen LogP contribution in [-0.4, -0.2) is 38.1 Å². The van der Waals surface area contributed by atoms with E-state index in [0.29, 0.717) is 23.4 Å². The molecular formula is C19H18N6OS. The second-order valence-corrected chi connectivity index (χ2v) is 7.18. The van der Waals surface area contributed by atoms with Crippen molar-refractivity contribution in [3.63, 3.8) is 0 Å². The molecular weight excluding hydrogens is 360 g/mol. The summed E-state index contributed by atoms with van der Waals surface area (Å²) in [5, 5.41) is 9.18. The number of amides is 1. The highest BCUT2D eigenvalue weighted by Gasteiger charge is 2.14. The van der Waals surface area contributed by atoms with Gasteiger partial charge in [0, 0.05) is 30.5 Å². The molecule has 1 amide bonds. The Bertz CT molecular complexity index is 1090. The molecule has 0 aliphatic rings. The SMILES string of the molecule is C[C@H](N)CNC(=O)c1ccnc(-c2cnn3ccc(-c4cccs4)nc23)c1. The molecule has 1 atom stereocenters. The largest absolute Gasteiger partial charge is 0.350 e. The van der Waals surface area contributed by atoms with E-state index in [4.69, 9.17) is 10.7 Å². The monoisotopic (exact) mass is 378 g/mol. The average molecular weight is 378 g/mol. The van der Waals surface area contributed by atoms with Gasteiger partial charge in [0.25, 0.3) is 5.91 Å². The predicted octanol–water partition coefficient (Wildman–Crippen LogP) is 2.60. The van der Waals surface area contributed by atoms with E-state index in [1.807, 2.05) is 36.7 Å². The van der Waals surface area contributed by atoms with E-state index in [-0.39, 0.29) is 11.9 Å². The minimum absolute atomic E-state index is 0.102. The van der Waals surface area contributed by atoms with Gasteiger partial charge < -0.3 is 11.1 Å². The standard InChI is InChI=1S/C19H18N6OS/c1-12(20)10-22-19(26)13-4-6-21-16(9-13)14-11-23-25-7-5-15(24-18(14)25)17-3-2-8-27-17/h2-9,11-12H,10,20H2,1H3,(H,22,26)/t12-/m0/s1. The van der Waals surface area contributed by atoms with Crippen LogP contribution in [0.2, 0.25) is 0 Å². The van der Waals surface area contributed by atoms with Crippen molar-refractivity contribution in [3.05, 3.63) is 59.9 Å². The Morgan fingerprint density at radius 1 is 1.33 bits per heavy atom. The summed E-state index contributed by atoms with van der Waals surface area (Å²) in [6.45, 7) is 2.26. The molecule has 0 unspecified atom stereocenters. The molecule has 0 fully saturated rings. The van der Waals surface area contributed by atoms with Crippen LogP contribution in [0.15, 0.2) is 54.3 Å². The van der Waals surface area contributed by atoms with Gasteiger partial charge in [0.15, 0.2) is 5.65 Å². The lowest BCUT2D eigenvalue weighted by atomic mass is 10.1. The Morgan fingerprint density at radius 3 is 3.00 bits per heavy atom. The predicted molar refractivity (Wildman–Crippen MR) is 106 cm³/mol. The number of thiophene rings is 1. The maximum atomic E-state index is 12.3. The molecule has 3 N–H and O–H groups in total. The van der Waals surface area contributed by atoms with Gasteiger partial charge in [-0.25, -0.2) is 9.50 Å². The van der Waals surface area contributed by atoms with E-state index in [9.17, 15) is 4.79 Å². The van der Waals surface area contributed by atoms with Crippen molar-refractivity contribution in [2.24, 2.45) is 5.73 Å². The molecule has 0 radical (unpaired) electrons. The van der Waals surface area contributed by atoms with Gasteiger partial charge in [0.1, 0.15) is 0 Å². The molecule has 0 aromatic carbocycles. The van der Waals surface area contributed by atoms with Gasteiger partial charge in [-0.1, -0.05) is 6.07 Å². The normalized spacial score (nSPS) is 12.2. The second kappa shape index (κ2) is 7.26. The van der Waals surface area contributed by atoms with Crippen molar-refractivity contribution in [3.8, 4) is 21.8 Å². The Balaban J connectivity index is 1.71. The van der Waals surface area contributed by atoms with E-state index in [1.165, 1.54) is 0 Å². The van der Waals surface area contributed by atoms with Crippen LogP contribution in [0.5, 0.6) is 0 Å². The van der Waals surface area contributed by atoms with Crippen LogP contribution in [0.4, 0.5) is 0 Å². The third-order valence-corrected chi connectivity index (χ3v) is 4.92. The fourth-order valence-corrected chi connectivity index (χ4v) is 3.38. The Morgan fingerprint density at radius 2 is 2.22 bits per heavy atom. The Labute approximate surface area is 159 Å². The van der Waals surface area contributed by atoms with Gasteiger partial charge in [-0.2, -0.15) is 5.10 Å². The highest BCUT2D eigenvalue weighted by Crippen LogP contribution is 2.27. The first-order valence-electron chi connectivity index (χ1n) is 8.50. The lowest BCUT2D eigenvalue weighted by molar-refractivity contribution is 0.0951. The summed E-state index contributed by atoms with van der Waals surface area (Å²) < 4.78 is 1.71. The highest BCUT2D eigenvalue weighted by atomic mass is 32.1. The summed E-state index contributed by atoms with van der Waals surface area (Å²) in [6.07, 6.45) is 5.20. The third kappa shape index (κ3) is 3.57. The second-order valence-electron chi connectivity index (χ2n) is 6.23. The number of pyridine rings is 1. The molecule has 27 heavy (non-hydrogen) atoms. The molecule has 7 nitrogen and oxygen atoms in total. The van der Waals surface area contributed by atoms with Crippen LogP contribution in [0, 0.1) is 0 Å². The quantitative estimate of drug-likeness (QED) is 0.556. The van der Waals surface area contributed by atoms with Crippen LogP contribution >= 0.6 is 11.3 Å². The molecule has 4 heterocycles. The fraction of sp³-hybridized carbons (Fsp3) is 0.158. The number of nitrogens with one attached hydrogen (secondary N) is 1. The van der Waals surface area contributed by atoms with Crippen molar-refractivity contribution in [1.82, 2.24) is 24.9 Å². The number of nitrogens with zero attached hydrogens (tertiary/aromatic N) is 4. The number of rotatable bonds is 5. The van der Waals surface area contributed by atoms with Crippen molar-refractivity contribution >= 4 is 22.9 Å². The average Bonchev–Trinajstić information content (AvgIpc) is 3.35. The first-order chi connectivity index (χ1) is 13.1. The van der Waals surface area contributed by atoms with Crippen molar-refractivity contribution in [1.29, 1.82) is 0 Å². The van der Waals surface area contributed by atoms with E-state index in [1.54, 1.807) is 40.4 Å². The van der Waals surface area contributed by atoms with Crippen LogP contribution in [0.1, 0.15) is 17.3 Å². The van der Waals surface area contributed by atoms with Crippen molar-refractivity contribution in [2.75, 3.05) is 6.54 Å². The molecule has 8 heteroatoms. The first kappa shape index (κ1) is 17.3. The molecule has 0 aliphatic carbocycles. The summed E-state index contributed by atoms with van der Waals surface area (Å²) in [5.41, 5.74) is 9.22. The van der Waals surface area contributed by atoms with Crippen LogP contribution < -0.4 is 11.1 Å². The lowest BCUT2D eigenvalue weighted by Crippen LogP contribution is -2.35. The Hall–Kier alpha value is -3.10. The number of aromatic nitrogens is 4. The maximum Gasteiger partial charge on any atom is 0.251 e. The molecule has 0 saturated heterocycles. The van der Waals surface area contributed by atoms with Crippen molar-refractivity contribution < 1.29 is 4.79 Å². The number of carbonyl (C=O) groups excluding carboxylic acids is 1. The number of fused-ring (bicyclic) bond motifs is 1. The minimum atomic E-state index is -0.181. The number of hydrogen-bond acceptors (Lipinski definition) is 6. The van der Waals surface area contributed by atoms with Crippen LogP contribution in [0.3, 0.4) is 0 Å². The van der Waals surface area contributed by atoms with Crippen LogP contribution in [0.25, 0.3) is 27.5 Å². The zero-order chi connectivity index (χ0) is 18.8. The lowest BCUT2D eigenvalue weighted by Gasteiger charge is -2.08. The fourth-order valence-electron chi connectivity index (χ4n) is 2.69. The first-order valence-corrected chi connectivity index (χ1v) is 9.38. The maximum absolute atomic E-state index is 12.3. The highest BCUT2D eigenvalue weighted by molar-refractivity contribution is 7.13. The van der Waals surface area contributed by atoms with E-state index in [0.717, 1.165) is 16.1 Å². The van der Waals surface area contributed by atoms with Gasteiger partial charge in [-0.3, -0.25) is 9.78 Å². The summed E-state index contributed by atoms with van der Waals surface area (Å²) >= 11 is 1.63. The minimum Gasteiger partial charge on any atom is -0.350 e. The number of nitrogens with two attached hydrogens (primary N) is 1. The zero-order valence-corrected chi connectivity index (χ0v) is 15.5. The topological polar surface area (TPSA) is 98.2 Å². The van der Waals surface area contributed by atoms with E-state index in [2.05, 4.69) is 15.4 Å². The summed E-state index contributed by atoms with van der Waals surface area (Å²) in [4.78, 5) is 22.5.